The Morgan fingerprint density at radius 2 is 1.94 bits per heavy atom. The second kappa shape index (κ2) is 4.82. The lowest BCUT2D eigenvalue weighted by molar-refractivity contribution is 0.0104. The van der Waals surface area contributed by atoms with Gasteiger partial charge in [0, 0.05) is 32.2 Å². The van der Waals surface area contributed by atoms with Crippen LogP contribution in [0.25, 0.3) is 0 Å². The van der Waals surface area contributed by atoms with E-state index in [0.717, 1.165) is 45.2 Å². The standard InChI is InChI=1S/C13H20N4O/c1-10-7-14-15-13(11(10)2)17-8-12(9-17)16-3-5-18-6-4-16/h7,12H,3-6,8-9H2,1-2H3. The van der Waals surface area contributed by atoms with Crippen molar-refractivity contribution in [3.05, 3.63) is 17.3 Å². The first-order chi connectivity index (χ1) is 8.75. The Labute approximate surface area is 108 Å². The minimum Gasteiger partial charge on any atom is -0.379 e. The monoisotopic (exact) mass is 248 g/mol. The van der Waals surface area contributed by atoms with Gasteiger partial charge in [-0.05, 0) is 25.0 Å². The molecular weight excluding hydrogens is 228 g/mol. The fraction of sp³-hybridized carbons (Fsp3) is 0.692. The first kappa shape index (κ1) is 11.9. The number of nitrogens with zero attached hydrogens (tertiary/aromatic N) is 4. The van der Waals surface area contributed by atoms with E-state index in [9.17, 15) is 0 Å². The molecule has 0 bridgehead atoms. The molecule has 5 heteroatoms. The number of aromatic nitrogens is 2. The summed E-state index contributed by atoms with van der Waals surface area (Å²) in [5.41, 5.74) is 2.47. The second-order valence-electron chi connectivity index (χ2n) is 5.18. The topological polar surface area (TPSA) is 41.5 Å². The summed E-state index contributed by atoms with van der Waals surface area (Å²) in [4.78, 5) is 4.86. The van der Waals surface area contributed by atoms with E-state index in [2.05, 4.69) is 33.8 Å². The van der Waals surface area contributed by atoms with Crippen molar-refractivity contribution < 1.29 is 4.74 Å². The van der Waals surface area contributed by atoms with Crippen LogP contribution < -0.4 is 4.90 Å². The fourth-order valence-electron chi connectivity index (χ4n) is 2.62. The number of aryl methyl sites for hydroxylation is 1. The van der Waals surface area contributed by atoms with Crippen LogP contribution in [0.15, 0.2) is 6.20 Å². The Morgan fingerprint density at radius 3 is 2.67 bits per heavy atom. The molecule has 0 aliphatic carbocycles. The van der Waals surface area contributed by atoms with Crippen LogP contribution in [0.1, 0.15) is 11.1 Å². The van der Waals surface area contributed by atoms with Gasteiger partial charge in [-0.1, -0.05) is 0 Å². The van der Waals surface area contributed by atoms with E-state index in [1.807, 2.05) is 6.20 Å². The van der Waals surface area contributed by atoms with Gasteiger partial charge in [-0.3, -0.25) is 4.90 Å². The zero-order valence-corrected chi connectivity index (χ0v) is 11.1. The Kier molecular flexibility index (Phi) is 3.18. The minimum absolute atomic E-state index is 0.663. The molecule has 3 rings (SSSR count). The summed E-state index contributed by atoms with van der Waals surface area (Å²) in [5, 5.41) is 8.33. The van der Waals surface area contributed by atoms with E-state index in [1.165, 1.54) is 11.1 Å². The van der Waals surface area contributed by atoms with Gasteiger partial charge in [0.1, 0.15) is 0 Å². The van der Waals surface area contributed by atoms with E-state index < -0.39 is 0 Å². The summed E-state index contributed by atoms with van der Waals surface area (Å²) in [7, 11) is 0. The van der Waals surface area contributed by atoms with Gasteiger partial charge in [0.25, 0.3) is 0 Å². The van der Waals surface area contributed by atoms with Crippen molar-refractivity contribution in [1.82, 2.24) is 15.1 Å². The molecule has 2 aliphatic heterocycles. The number of anilines is 1. The molecule has 1 aromatic rings. The van der Waals surface area contributed by atoms with E-state index >= 15 is 0 Å². The molecule has 5 nitrogen and oxygen atoms in total. The van der Waals surface area contributed by atoms with Crippen LogP contribution in [0.4, 0.5) is 5.82 Å². The smallest absolute Gasteiger partial charge is 0.154 e. The molecule has 1 aromatic heterocycles. The summed E-state index contributed by atoms with van der Waals surface area (Å²) in [6.07, 6.45) is 1.83. The van der Waals surface area contributed by atoms with Gasteiger partial charge in [-0.2, -0.15) is 5.10 Å². The molecule has 0 aromatic carbocycles. The number of morpholine rings is 1. The van der Waals surface area contributed by atoms with Crippen LogP contribution in [0.3, 0.4) is 0 Å². The van der Waals surface area contributed by atoms with Crippen molar-refractivity contribution in [2.45, 2.75) is 19.9 Å². The van der Waals surface area contributed by atoms with Crippen LogP contribution in [-0.4, -0.2) is 60.5 Å². The normalized spacial score (nSPS) is 22.0. The predicted octanol–water partition coefficient (Wildman–Crippen LogP) is 0.614. The van der Waals surface area contributed by atoms with E-state index in [4.69, 9.17) is 4.74 Å². The lowest BCUT2D eigenvalue weighted by atomic mass is 10.0. The van der Waals surface area contributed by atoms with Gasteiger partial charge in [-0.15, -0.1) is 5.10 Å². The molecule has 3 heterocycles. The molecule has 0 atom stereocenters. The summed E-state index contributed by atoms with van der Waals surface area (Å²) in [6.45, 7) is 10.2. The zero-order chi connectivity index (χ0) is 12.5. The first-order valence-corrected chi connectivity index (χ1v) is 6.61. The summed E-state index contributed by atoms with van der Waals surface area (Å²) < 4.78 is 5.39. The maximum Gasteiger partial charge on any atom is 0.154 e. The average Bonchev–Trinajstić information content (AvgIpc) is 2.34. The highest BCUT2D eigenvalue weighted by atomic mass is 16.5. The van der Waals surface area contributed by atoms with Gasteiger partial charge in [0.2, 0.25) is 0 Å². The van der Waals surface area contributed by atoms with Crippen molar-refractivity contribution >= 4 is 5.82 Å². The molecule has 2 saturated heterocycles. The maximum atomic E-state index is 5.39. The van der Waals surface area contributed by atoms with Gasteiger partial charge in [-0.25, -0.2) is 0 Å². The molecule has 0 N–H and O–H groups in total. The van der Waals surface area contributed by atoms with Crippen LogP contribution in [0.5, 0.6) is 0 Å². The van der Waals surface area contributed by atoms with Crippen molar-refractivity contribution in [2.24, 2.45) is 0 Å². The molecule has 0 unspecified atom stereocenters. The van der Waals surface area contributed by atoms with Gasteiger partial charge >= 0.3 is 0 Å². The fourth-order valence-corrected chi connectivity index (χ4v) is 2.62. The van der Waals surface area contributed by atoms with Gasteiger partial charge < -0.3 is 9.64 Å². The van der Waals surface area contributed by atoms with Crippen LogP contribution >= 0.6 is 0 Å². The van der Waals surface area contributed by atoms with E-state index in [0.29, 0.717) is 6.04 Å². The minimum atomic E-state index is 0.663. The number of ether oxygens (including phenoxy) is 1. The number of hydrogen-bond donors (Lipinski definition) is 0. The summed E-state index contributed by atoms with van der Waals surface area (Å²) >= 11 is 0. The van der Waals surface area contributed by atoms with Crippen molar-refractivity contribution in [1.29, 1.82) is 0 Å². The van der Waals surface area contributed by atoms with E-state index in [1.54, 1.807) is 0 Å². The van der Waals surface area contributed by atoms with Crippen LogP contribution in [0.2, 0.25) is 0 Å². The quantitative estimate of drug-likeness (QED) is 0.767. The Hall–Kier alpha value is -1.20. The van der Waals surface area contributed by atoms with E-state index in [-0.39, 0.29) is 0 Å². The highest BCUT2D eigenvalue weighted by Crippen LogP contribution is 2.25. The Morgan fingerprint density at radius 1 is 1.22 bits per heavy atom. The average molecular weight is 248 g/mol. The Balaban J connectivity index is 1.63. The highest BCUT2D eigenvalue weighted by molar-refractivity contribution is 5.50. The van der Waals surface area contributed by atoms with Gasteiger partial charge in [0.05, 0.1) is 19.4 Å². The lowest BCUT2D eigenvalue weighted by Gasteiger charge is -2.47. The number of hydrogen-bond acceptors (Lipinski definition) is 5. The van der Waals surface area contributed by atoms with Gasteiger partial charge in [0.15, 0.2) is 5.82 Å². The molecule has 0 saturated carbocycles. The highest BCUT2D eigenvalue weighted by Gasteiger charge is 2.34. The molecular formula is C13H20N4O. The zero-order valence-electron chi connectivity index (χ0n) is 11.1. The lowest BCUT2D eigenvalue weighted by Crippen LogP contribution is -2.62. The van der Waals surface area contributed by atoms with Crippen LogP contribution in [-0.2, 0) is 4.74 Å². The van der Waals surface area contributed by atoms with Crippen molar-refractivity contribution in [3.63, 3.8) is 0 Å². The van der Waals surface area contributed by atoms with Crippen molar-refractivity contribution in [3.8, 4) is 0 Å². The second-order valence-corrected chi connectivity index (χ2v) is 5.18. The first-order valence-electron chi connectivity index (χ1n) is 6.61. The third-order valence-corrected chi connectivity index (χ3v) is 4.05. The molecule has 0 amide bonds. The van der Waals surface area contributed by atoms with Crippen LogP contribution in [0, 0.1) is 13.8 Å². The molecule has 0 spiro atoms. The Bertz CT molecular complexity index is 425. The maximum absolute atomic E-state index is 5.39. The number of rotatable bonds is 2. The largest absolute Gasteiger partial charge is 0.379 e. The SMILES string of the molecule is Cc1cnnc(N2CC(N3CCOCC3)C2)c1C. The molecule has 2 fully saturated rings. The predicted molar refractivity (Wildman–Crippen MR) is 69.9 cm³/mol. The molecule has 2 aliphatic rings. The summed E-state index contributed by atoms with van der Waals surface area (Å²) in [5.74, 6) is 1.06. The molecule has 18 heavy (non-hydrogen) atoms. The molecule has 0 radical (unpaired) electrons. The molecule has 98 valence electrons. The third-order valence-electron chi connectivity index (χ3n) is 4.05. The third kappa shape index (κ3) is 2.08. The van der Waals surface area contributed by atoms with Crippen molar-refractivity contribution in [2.75, 3.05) is 44.3 Å². The summed E-state index contributed by atoms with van der Waals surface area (Å²) in [6, 6.07) is 0.663.